The molecule has 7 heteroatoms. The number of piperidine rings is 1. The Labute approximate surface area is 224 Å². The average Bonchev–Trinajstić information content (AvgIpc) is 2.96. The predicted molar refractivity (Wildman–Crippen MR) is 147 cm³/mol. The minimum atomic E-state index is -0.515. The monoisotopic (exact) mass is 516 g/mol. The molecule has 4 rings (SSSR count). The van der Waals surface area contributed by atoms with Gasteiger partial charge in [-0.15, -0.1) is 0 Å². The first-order valence-corrected chi connectivity index (χ1v) is 13.3. The smallest absolute Gasteiger partial charge is 0.342 e. The van der Waals surface area contributed by atoms with E-state index in [9.17, 15) is 14.7 Å². The van der Waals surface area contributed by atoms with Crippen molar-refractivity contribution in [3.63, 3.8) is 0 Å². The number of amides is 1. The van der Waals surface area contributed by atoms with Crippen LogP contribution in [0.25, 0.3) is 0 Å². The highest BCUT2D eigenvalue weighted by molar-refractivity contribution is 5.93. The number of hydrogen-bond donors (Lipinski definition) is 2. The van der Waals surface area contributed by atoms with Crippen molar-refractivity contribution in [3.05, 3.63) is 95.1 Å². The predicted octanol–water partition coefficient (Wildman–Crippen LogP) is 4.82. The summed E-state index contributed by atoms with van der Waals surface area (Å²) in [5.74, 6) is -0.327. The lowest BCUT2D eigenvalue weighted by molar-refractivity contribution is -0.121. The molecule has 7 nitrogen and oxygen atoms in total. The number of benzene rings is 3. The van der Waals surface area contributed by atoms with Gasteiger partial charge in [0.2, 0.25) is 5.91 Å². The van der Waals surface area contributed by atoms with Crippen LogP contribution >= 0.6 is 0 Å². The maximum absolute atomic E-state index is 13.0. The van der Waals surface area contributed by atoms with Crippen molar-refractivity contribution in [1.82, 2.24) is 5.32 Å². The molecule has 2 N–H and O–H groups in total. The summed E-state index contributed by atoms with van der Waals surface area (Å²) in [6, 6.07) is 22.0. The molecule has 1 fully saturated rings. The number of nitrogens with zero attached hydrogens (tertiary/aromatic N) is 1. The van der Waals surface area contributed by atoms with E-state index in [4.69, 9.17) is 9.47 Å². The first-order valence-electron chi connectivity index (χ1n) is 13.3. The van der Waals surface area contributed by atoms with Gasteiger partial charge in [0.1, 0.15) is 17.9 Å². The number of carbonyl (C=O) groups excluding carboxylic acids is 2. The van der Waals surface area contributed by atoms with Crippen molar-refractivity contribution < 1.29 is 24.2 Å². The molecule has 1 saturated heterocycles. The van der Waals surface area contributed by atoms with Crippen LogP contribution in [-0.2, 0) is 22.6 Å². The quantitative estimate of drug-likeness (QED) is 0.355. The van der Waals surface area contributed by atoms with Crippen LogP contribution < -0.4 is 15.0 Å². The van der Waals surface area contributed by atoms with Gasteiger partial charge in [0.15, 0.2) is 0 Å². The molecule has 1 atom stereocenters. The molecule has 1 unspecified atom stereocenters. The zero-order chi connectivity index (χ0) is 26.7. The third-order valence-corrected chi connectivity index (χ3v) is 6.67. The zero-order valence-electron chi connectivity index (χ0n) is 21.9. The molecule has 3 aromatic rings. The minimum absolute atomic E-state index is 0.0851. The van der Waals surface area contributed by atoms with Gasteiger partial charge in [0, 0.05) is 24.3 Å². The molecule has 1 heterocycles. The lowest BCUT2D eigenvalue weighted by atomic mass is 10.0. The molecule has 1 amide bonds. The summed E-state index contributed by atoms with van der Waals surface area (Å²) in [6.07, 6.45) is 3.60. The second-order valence-electron chi connectivity index (χ2n) is 9.41. The zero-order valence-corrected chi connectivity index (χ0v) is 21.9. The highest BCUT2D eigenvalue weighted by atomic mass is 16.5. The molecule has 0 aliphatic carbocycles. The average molecular weight is 517 g/mol. The van der Waals surface area contributed by atoms with Crippen molar-refractivity contribution in [1.29, 1.82) is 0 Å². The second-order valence-corrected chi connectivity index (χ2v) is 9.41. The number of esters is 1. The van der Waals surface area contributed by atoms with E-state index < -0.39 is 12.0 Å². The van der Waals surface area contributed by atoms with Crippen LogP contribution in [0.2, 0.25) is 0 Å². The van der Waals surface area contributed by atoms with Crippen molar-refractivity contribution in [2.24, 2.45) is 0 Å². The van der Waals surface area contributed by atoms with Crippen molar-refractivity contribution >= 4 is 17.6 Å². The first kappa shape index (κ1) is 27.2. The van der Waals surface area contributed by atoms with E-state index in [0.717, 1.165) is 42.7 Å². The number of rotatable bonds is 11. The lowest BCUT2D eigenvalue weighted by Gasteiger charge is -2.32. The van der Waals surface area contributed by atoms with E-state index in [1.807, 2.05) is 55.5 Å². The normalized spacial score (nSPS) is 14.0. The van der Waals surface area contributed by atoms with E-state index in [2.05, 4.69) is 16.3 Å². The molecule has 3 aromatic carbocycles. The first-order chi connectivity index (χ1) is 18.6. The fourth-order valence-electron chi connectivity index (χ4n) is 4.78. The number of nitrogens with one attached hydrogen (secondary N) is 1. The molecule has 0 spiro atoms. The van der Waals surface area contributed by atoms with Crippen LogP contribution in [0.15, 0.2) is 72.8 Å². The Hall–Kier alpha value is -3.84. The van der Waals surface area contributed by atoms with E-state index in [-0.39, 0.29) is 25.5 Å². The van der Waals surface area contributed by atoms with Crippen LogP contribution in [0, 0.1) is 0 Å². The molecule has 38 heavy (non-hydrogen) atoms. The van der Waals surface area contributed by atoms with Crippen LogP contribution in [0.5, 0.6) is 5.75 Å². The van der Waals surface area contributed by atoms with Crippen molar-refractivity contribution in [3.8, 4) is 5.75 Å². The second kappa shape index (κ2) is 13.6. The topological polar surface area (TPSA) is 88.1 Å². The van der Waals surface area contributed by atoms with Gasteiger partial charge in [-0.1, -0.05) is 54.6 Å². The number of aliphatic hydroxyl groups is 1. The third kappa shape index (κ3) is 7.13. The Bertz CT molecular complexity index is 1210. The molecular formula is C31H36N2O5. The molecule has 1 aliphatic rings. The summed E-state index contributed by atoms with van der Waals surface area (Å²) in [7, 11) is 0. The standard InChI is InChI=1S/C31H36N2O5/c1-2-37-29-19-24(15-16-26(29)31(36)38-22-23-11-5-3-6-12-23)20-30(35)32-27(21-34)25-13-7-8-14-28(25)33-17-9-4-10-18-33/h3,5-8,11-16,19,27,34H,2,4,9-10,17-18,20-22H2,1H3,(H,32,35). The molecule has 0 saturated carbocycles. The van der Waals surface area contributed by atoms with Gasteiger partial charge in [-0.25, -0.2) is 4.79 Å². The molecule has 200 valence electrons. The molecule has 1 aliphatic heterocycles. The molecule has 0 radical (unpaired) electrons. The van der Waals surface area contributed by atoms with Crippen molar-refractivity contribution in [2.75, 3.05) is 31.2 Å². The van der Waals surface area contributed by atoms with Crippen LogP contribution in [0.3, 0.4) is 0 Å². The Kier molecular flexibility index (Phi) is 9.76. The fraction of sp³-hybridized carbons (Fsp3) is 0.355. The van der Waals surface area contributed by atoms with E-state index in [1.165, 1.54) is 6.42 Å². The highest BCUT2D eigenvalue weighted by Crippen LogP contribution is 2.29. The highest BCUT2D eigenvalue weighted by Gasteiger charge is 2.22. The number of carbonyl (C=O) groups is 2. The Morgan fingerprint density at radius 3 is 2.42 bits per heavy atom. The van der Waals surface area contributed by atoms with Gasteiger partial charge in [0.05, 0.1) is 25.7 Å². The summed E-state index contributed by atoms with van der Waals surface area (Å²) in [6.45, 7) is 4.12. The Morgan fingerprint density at radius 1 is 0.947 bits per heavy atom. The number of anilines is 1. The van der Waals surface area contributed by atoms with Crippen LogP contribution in [0.4, 0.5) is 5.69 Å². The number of ether oxygens (including phenoxy) is 2. The third-order valence-electron chi connectivity index (χ3n) is 6.67. The maximum atomic E-state index is 13.0. The van der Waals surface area contributed by atoms with Crippen LogP contribution in [-0.4, -0.2) is 43.3 Å². The van der Waals surface area contributed by atoms with Gasteiger partial charge in [-0.2, -0.15) is 0 Å². The number of aliphatic hydroxyl groups excluding tert-OH is 1. The van der Waals surface area contributed by atoms with E-state index in [0.29, 0.717) is 23.5 Å². The van der Waals surface area contributed by atoms with E-state index >= 15 is 0 Å². The minimum Gasteiger partial charge on any atom is -0.493 e. The summed E-state index contributed by atoms with van der Waals surface area (Å²) in [4.78, 5) is 28.1. The largest absolute Gasteiger partial charge is 0.493 e. The summed E-state index contributed by atoms with van der Waals surface area (Å²) in [5.41, 5.74) is 3.88. The molecule has 0 aromatic heterocycles. The Morgan fingerprint density at radius 2 is 1.68 bits per heavy atom. The maximum Gasteiger partial charge on any atom is 0.342 e. The molecular weight excluding hydrogens is 480 g/mol. The van der Waals surface area contributed by atoms with E-state index in [1.54, 1.807) is 18.2 Å². The fourth-order valence-corrected chi connectivity index (χ4v) is 4.78. The lowest BCUT2D eigenvalue weighted by Crippen LogP contribution is -2.35. The summed E-state index contributed by atoms with van der Waals surface area (Å²) in [5, 5.41) is 13.1. The summed E-state index contributed by atoms with van der Waals surface area (Å²) < 4.78 is 11.2. The summed E-state index contributed by atoms with van der Waals surface area (Å²) >= 11 is 0. The number of para-hydroxylation sites is 1. The van der Waals surface area contributed by atoms with Crippen LogP contribution in [0.1, 0.15) is 59.3 Å². The number of hydrogen-bond acceptors (Lipinski definition) is 6. The Balaban J connectivity index is 1.43. The van der Waals surface area contributed by atoms with Gasteiger partial charge < -0.3 is 24.8 Å². The van der Waals surface area contributed by atoms with Gasteiger partial charge in [-0.3, -0.25) is 4.79 Å². The van der Waals surface area contributed by atoms with Gasteiger partial charge in [-0.05, 0) is 55.5 Å². The molecule has 0 bridgehead atoms. The van der Waals surface area contributed by atoms with Gasteiger partial charge in [0.25, 0.3) is 0 Å². The SMILES string of the molecule is CCOc1cc(CC(=O)NC(CO)c2ccccc2N2CCCCC2)ccc1C(=O)OCc1ccccc1. The van der Waals surface area contributed by atoms with Gasteiger partial charge >= 0.3 is 5.97 Å². The van der Waals surface area contributed by atoms with Crippen molar-refractivity contribution in [2.45, 2.75) is 45.3 Å².